The molecule has 20 heavy (non-hydrogen) atoms. The van der Waals surface area contributed by atoms with Crippen LogP contribution in [0.15, 0.2) is 29.2 Å². The number of nitrogens with two attached hydrogens (primary N) is 1. The topological polar surface area (TPSA) is 63.4 Å². The maximum atomic E-state index is 12.8. The number of aryl methyl sites for hydroxylation is 1. The molecule has 2 N–H and O–H groups in total. The molecule has 0 saturated heterocycles. The summed E-state index contributed by atoms with van der Waals surface area (Å²) in [5.41, 5.74) is 9.02. The summed E-state index contributed by atoms with van der Waals surface area (Å²) in [6.45, 7) is 12.3. The summed E-state index contributed by atoms with van der Waals surface area (Å²) in [6.07, 6.45) is 0. The Morgan fingerprint density at radius 1 is 1.35 bits per heavy atom. The van der Waals surface area contributed by atoms with Gasteiger partial charge in [-0.2, -0.15) is 4.31 Å². The molecule has 0 bridgehead atoms. The van der Waals surface area contributed by atoms with Crippen molar-refractivity contribution in [3.8, 4) is 0 Å². The van der Waals surface area contributed by atoms with E-state index in [4.69, 9.17) is 5.73 Å². The summed E-state index contributed by atoms with van der Waals surface area (Å²) < 4.78 is 27.0. The highest BCUT2D eigenvalue weighted by atomic mass is 32.2. The zero-order chi connectivity index (χ0) is 15.5. The number of rotatable bonds is 6. The molecule has 0 aliphatic carbocycles. The van der Waals surface area contributed by atoms with Gasteiger partial charge in [0.1, 0.15) is 0 Å². The molecule has 5 heteroatoms. The fraction of sp³-hybridized carbons (Fsp3) is 0.467. The van der Waals surface area contributed by atoms with Gasteiger partial charge in [0.15, 0.2) is 0 Å². The normalized spacial score (nSPS) is 11.9. The van der Waals surface area contributed by atoms with Gasteiger partial charge in [-0.1, -0.05) is 25.1 Å². The first kappa shape index (κ1) is 16.9. The van der Waals surface area contributed by atoms with Gasteiger partial charge in [0.05, 0.1) is 4.90 Å². The summed E-state index contributed by atoms with van der Waals surface area (Å²) in [7, 11) is -3.52. The van der Waals surface area contributed by atoms with Crippen LogP contribution in [0, 0.1) is 13.8 Å². The molecule has 0 aromatic heterocycles. The first-order valence-corrected chi connectivity index (χ1v) is 8.12. The van der Waals surface area contributed by atoms with E-state index < -0.39 is 10.0 Å². The molecule has 0 aliphatic heterocycles. The molecule has 0 atom stereocenters. The highest BCUT2D eigenvalue weighted by Gasteiger charge is 2.25. The van der Waals surface area contributed by atoms with Crippen molar-refractivity contribution in [1.82, 2.24) is 4.31 Å². The third-order valence-corrected chi connectivity index (χ3v) is 5.38. The van der Waals surface area contributed by atoms with Crippen molar-refractivity contribution in [2.24, 2.45) is 5.73 Å². The van der Waals surface area contributed by atoms with Crippen molar-refractivity contribution in [3.63, 3.8) is 0 Å². The van der Waals surface area contributed by atoms with Crippen LogP contribution in [-0.4, -0.2) is 25.8 Å². The number of nitrogens with zero attached hydrogens (tertiary/aromatic N) is 1. The van der Waals surface area contributed by atoms with Crippen molar-refractivity contribution < 1.29 is 8.42 Å². The smallest absolute Gasteiger partial charge is 0.243 e. The van der Waals surface area contributed by atoms with E-state index in [1.54, 1.807) is 6.07 Å². The predicted molar refractivity (Wildman–Crippen MR) is 83.1 cm³/mol. The van der Waals surface area contributed by atoms with Crippen molar-refractivity contribution >= 4 is 10.0 Å². The van der Waals surface area contributed by atoms with E-state index in [1.165, 1.54) is 4.31 Å². The molecule has 1 aromatic rings. The van der Waals surface area contributed by atoms with Crippen LogP contribution in [0.3, 0.4) is 0 Å². The van der Waals surface area contributed by atoms with Crippen LogP contribution in [0.5, 0.6) is 0 Å². The van der Waals surface area contributed by atoms with Crippen molar-refractivity contribution in [2.45, 2.75) is 39.1 Å². The van der Waals surface area contributed by atoms with Gasteiger partial charge in [0.2, 0.25) is 10.0 Å². The van der Waals surface area contributed by atoms with Gasteiger partial charge in [-0.15, -0.1) is 0 Å². The minimum atomic E-state index is -3.52. The van der Waals surface area contributed by atoms with Gasteiger partial charge in [-0.05, 0) is 43.5 Å². The van der Waals surface area contributed by atoms with E-state index in [9.17, 15) is 8.42 Å². The summed E-state index contributed by atoms with van der Waals surface area (Å²) in [6, 6.07) is 3.61. The Kier molecular flexibility index (Phi) is 5.50. The lowest BCUT2D eigenvalue weighted by Gasteiger charge is -2.22. The molecule has 112 valence electrons. The average Bonchev–Trinajstić information content (AvgIpc) is 2.38. The molecule has 0 aliphatic rings. The molecule has 0 spiro atoms. The second-order valence-corrected chi connectivity index (χ2v) is 7.03. The van der Waals surface area contributed by atoms with Crippen molar-refractivity contribution in [2.75, 3.05) is 13.1 Å². The van der Waals surface area contributed by atoms with Gasteiger partial charge in [-0.25, -0.2) is 8.42 Å². The summed E-state index contributed by atoms with van der Waals surface area (Å²) in [5.74, 6) is 0. The fourth-order valence-electron chi connectivity index (χ4n) is 2.09. The standard InChI is InChI=1S/C15H24N2O2S/c1-6-17(10-11(2)3)20(18,19)15-8-14(9-16)7-12(4)13(15)5/h7-8H,2,6,9-10,16H2,1,3-5H3. The molecular formula is C15H24N2O2S. The van der Waals surface area contributed by atoms with E-state index in [0.717, 1.165) is 22.3 Å². The lowest BCUT2D eigenvalue weighted by atomic mass is 10.1. The SMILES string of the molecule is C=C(C)CN(CC)S(=O)(=O)c1cc(CN)cc(C)c1C. The third-order valence-electron chi connectivity index (χ3n) is 3.33. The highest BCUT2D eigenvalue weighted by molar-refractivity contribution is 7.89. The first-order valence-electron chi connectivity index (χ1n) is 6.68. The molecule has 0 saturated carbocycles. The summed E-state index contributed by atoms with van der Waals surface area (Å²) in [4.78, 5) is 0.348. The van der Waals surface area contributed by atoms with Gasteiger partial charge < -0.3 is 5.73 Å². The summed E-state index contributed by atoms with van der Waals surface area (Å²) >= 11 is 0. The first-order chi connectivity index (χ1) is 9.23. The zero-order valence-electron chi connectivity index (χ0n) is 12.7. The van der Waals surface area contributed by atoms with E-state index in [0.29, 0.717) is 24.5 Å². The number of likely N-dealkylation sites (N-methyl/N-ethyl adjacent to an activating group) is 1. The molecule has 4 nitrogen and oxygen atoms in total. The fourth-order valence-corrected chi connectivity index (χ4v) is 3.95. The minimum Gasteiger partial charge on any atom is -0.326 e. The maximum Gasteiger partial charge on any atom is 0.243 e. The van der Waals surface area contributed by atoms with Crippen LogP contribution in [-0.2, 0) is 16.6 Å². The Balaban J connectivity index is 3.40. The molecule has 1 rings (SSSR count). The molecule has 1 aromatic carbocycles. The van der Waals surface area contributed by atoms with Crippen LogP contribution in [0.2, 0.25) is 0 Å². The van der Waals surface area contributed by atoms with Crippen molar-refractivity contribution in [1.29, 1.82) is 0 Å². The quantitative estimate of drug-likeness (QED) is 0.820. The molecule has 0 heterocycles. The third kappa shape index (κ3) is 3.48. The number of hydrogen-bond acceptors (Lipinski definition) is 3. The zero-order valence-corrected chi connectivity index (χ0v) is 13.5. The largest absolute Gasteiger partial charge is 0.326 e. The number of hydrogen-bond donors (Lipinski definition) is 1. The monoisotopic (exact) mass is 296 g/mol. The Hall–Kier alpha value is -1.17. The van der Waals surface area contributed by atoms with Crippen LogP contribution < -0.4 is 5.73 Å². The van der Waals surface area contributed by atoms with Gasteiger partial charge in [0.25, 0.3) is 0 Å². The Bertz CT molecular complexity index is 607. The molecular weight excluding hydrogens is 272 g/mol. The van der Waals surface area contributed by atoms with E-state index in [1.807, 2.05) is 33.8 Å². The minimum absolute atomic E-state index is 0.330. The van der Waals surface area contributed by atoms with Crippen LogP contribution >= 0.6 is 0 Å². The Labute approximate surface area is 122 Å². The summed E-state index contributed by atoms with van der Waals surface area (Å²) in [5, 5.41) is 0. The lowest BCUT2D eigenvalue weighted by molar-refractivity contribution is 0.452. The van der Waals surface area contributed by atoms with Gasteiger partial charge in [0, 0.05) is 19.6 Å². The van der Waals surface area contributed by atoms with Crippen LogP contribution in [0.4, 0.5) is 0 Å². The lowest BCUT2D eigenvalue weighted by Crippen LogP contribution is -2.33. The van der Waals surface area contributed by atoms with E-state index >= 15 is 0 Å². The molecule has 0 fully saturated rings. The Morgan fingerprint density at radius 2 is 1.95 bits per heavy atom. The Morgan fingerprint density at radius 3 is 2.40 bits per heavy atom. The van der Waals surface area contributed by atoms with E-state index in [2.05, 4.69) is 6.58 Å². The van der Waals surface area contributed by atoms with Gasteiger partial charge >= 0.3 is 0 Å². The maximum absolute atomic E-state index is 12.8. The average molecular weight is 296 g/mol. The number of sulfonamides is 1. The van der Waals surface area contributed by atoms with Gasteiger partial charge in [-0.3, -0.25) is 0 Å². The van der Waals surface area contributed by atoms with Crippen molar-refractivity contribution in [3.05, 3.63) is 41.0 Å². The van der Waals surface area contributed by atoms with E-state index in [-0.39, 0.29) is 0 Å². The second kappa shape index (κ2) is 6.52. The predicted octanol–water partition coefficient (Wildman–Crippen LogP) is 2.35. The number of benzene rings is 1. The second-order valence-electron chi connectivity index (χ2n) is 5.13. The highest BCUT2D eigenvalue weighted by Crippen LogP contribution is 2.24. The van der Waals surface area contributed by atoms with Crippen LogP contribution in [0.25, 0.3) is 0 Å². The molecule has 0 unspecified atom stereocenters. The molecule has 0 amide bonds. The van der Waals surface area contributed by atoms with Crippen LogP contribution in [0.1, 0.15) is 30.5 Å². The molecule has 0 radical (unpaired) electrons.